The van der Waals surface area contributed by atoms with E-state index < -0.39 is 28.4 Å². The number of carbonyl (C=O) groups is 1. The molecule has 0 aliphatic carbocycles. The highest BCUT2D eigenvalue weighted by Gasteiger charge is 2.22. The van der Waals surface area contributed by atoms with Gasteiger partial charge in [-0.25, -0.2) is 4.39 Å². The van der Waals surface area contributed by atoms with Crippen LogP contribution in [0.15, 0.2) is 42.5 Å². The number of halogens is 1. The first-order chi connectivity index (χ1) is 12.1. The molecule has 1 N–H and O–H groups in total. The first-order valence-corrected chi connectivity index (χ1v) is 8.10. The molecule has 26 heavy (non-hydrogen) atoms. The average Bonchev–Trinajstić information content (AvgIpc) is 2.54. The Kier molecular flexibility index (Phi) is 5.59. The molecule has 0 saturated carbocycles. The number of ether oxygens (including phenoxy) is 1. The van der Waals surface area contributed by atoms with Crippen molar-refractivity contribution in [3.8, 4) is 5.75 Å². The van der Waals surface area contributed by atoms with E-state index in [-0.39, 0.29) is 11.2 Å². The van der Waals surface area contributed by atoms with Crippen LogP contribution >= 0.6 is 0 Å². The predicted molar refractivity (Wildman–Crippen MR) is 96.9 cm³/mol. The molecule has 2 aromatic rings. The van der Waals surface area contributed by atoms with E-state index in [1.807, 2.05) is 12.1 Å². The lowest BCUT2D eigenvalue weighted by Gasteiger charge is -2.19. The Labute approximate surface area is 151 Å². The van der Waals surface area contributed by atoms with E-state index in [0.717, 1.165) is 23.8 Å². The Balaban J connectivity index is 2.09. The molecule has 0 spiro atoms. The minimum atomic E-state index is -1.04. The number of nitrogens with one attached hydrogen (secondary N) is 1. The normalized spacial score (nSPS) is 12.3. The molecule has 6 nitrogen and oxygen atoms in total. The third-order valence-electron chi connectivity index (χ3n) is 3.81. The number of carbonyl (C=O) groups excluding carboxylic acids is 1. The van der Waals surface area contributed by atoms with Crippen molar-refractivity contribution < 1.29 is 18.8 Å². The monoisotopic (exact) mass is 360 g/mol. The molecule has 0 heterocycles. The molecule has 0 aliphatic rings. The topological polar surface area (TPSA) is 81.5 Å². The van der Waals surface area contributed by atoms with Crippen molar-refractivity contribution in [3.05, 3.63) is 64.0 Å². The summed E-state index contributed by atoms with van der Waals surface area (Å²) >= 11 is 0. The van der Waals surface area contributed by atoms with Crippen LogP contribution in [-0.4, -0.2) is 16.9 Å². The van der Waals surface area contributed by atoms with Gasteiger partial charge in [-0.3, -0.25) is 14.9 Å². The summed E-state index contributed by atoms with van der Waals surface area (Å²) in [6, 6.07) is 10.2. The number of benzene rings is 2. The van der Waals surface area contributed by atoms with Gasteiger partial charge in [-0.2, -0.15) is 0 Å². The number of rotatable bonds is 5. The summed E-state index contributed by atoms with van der Waals surface area (Å²) in [5.41, 5.74) is 1.29. The van der Waals surface area contributed by atoms with Gasteiger partial charge in [0.1, 0.15) is 5.82 Å². The zero-order valence-electron chi connectivity index (χ0n) is 15.1. The summed E-state index contributed by atoms with van der Waals surface area (Å²) in [4.78, 5) is 22.6. The zero-order chi connectivity index (χ0) is 19.5. The fraction of sp³-hybridized carbons (Fsp3) is 0.316. The van der Waals surface area contributed by atoms with E-state index in [0.29, 0.717) is 5.69 Å². The summed E-state index contributed by atoms with van der Waals surface area (Å²) in [6.07, 6.45) is -1.04. The van der Waals surface area contributed by atoms with Crippen LogP contribution in [0.4, 0.5) is 15.8 Å². The third-order valence-corrected chi connectivity index (χ3v) is 3.81. The van der Waals surface area contributed by atoms with Crippen LogP contribution in [0.2, 0.25) is 0 Å². The Hall–Kier alpha value is -2.96. The van der Waals surface area contributed by atoms with Crippen molar-refractivity contribution in [1.82, 2.24) is 0 Å². The fourth-order valence-corrected chi connectivity index (χ4v) is 2.27. The first kappa shape index (κ1) is 19.4. The standard InChI is InChI=1S/C19H21FN2O4/c1-12(26-17-11-14(20)7-10-16(17)22(24)25)18(23)21-15-8-5-13(6-9-15)19(2,3)4/h5-12H,1-4H3,(H,21,23). The van der Waals surface area contributed by atoms with Gasteiger partial charge < -0.3 is 10.1 Å². The van der Waals surface area contributed by atoms with Gasteiger partial charge in [-0.15, -0.1) is 0 Å². The van der Waals surface area contributed by atoms with Crippen LogP contribution < -0.4 is 10.1 Å². The molecule has 1 unspecified atom stereocenters. The minimum absolute atomic E-state index is 0.00470. The van der Waals surface area contributed by atoms with Crippen LogP contribution in [0.25, 0.3) is 0 Å². The molecule has 0 aromatic heterocycles. The molecule has 138 valence electrons. The number of nitro groups is 1. The minimum Gasteiger partial charge on any atom is -0.474 e. The summed E-state index contributed by atoms with van der Waals surface area (Å²) < 4.78 is 18.6. The van der Waals surface area contributed by atoms with Gasteiger partial charge >= 0.3 is 5.69 Å². The van der Waals surface area contributed by atoms with Gasteiger partial charge in [0.25, 0.3) is 5.91 Å². The van der Waals surface area contributed by atoms with E-state index in [1.165, 1.54) is 6.92 Å². The molecular weight excluding hydrogens is 339 g/mol. The molecule has 2 aromatic carbocycles. The van der Waals surface area contributed by atoms with E-state index in [4.69, 9.17) is 4.74 Å². The van der Waals surface area contributed by atoms with Gasteiger partial charge in [-0.05, 0) is 36.1 Å². The number of nitro benzene ring substituents is 1. The van der Waals surface area contributed by atoms with Crippen molar-refractivity contribution in [2.75, 3.05) is 5.32 Å². The molecule has 0 radical (unpaired) electrons. The molecule has 2 rings (SSSR count). The van der Waals surface area contributed by atoms with Crippen molar-refractivity contribution in [2.24, 2.45) is 0 Å². The Morgan fingerprint density at radius 1 is 1.19 bits per heavy atom. The number of hydrogen-bond donors (Lipinski definition) is 1. The van der Waals surface area contributed by atoms with Crippen molar-refractivity contribution >= 4 is 17.3 Å². The number of amides is 1. The maximum absolute atomic E-state index is 13.3. The van der Waals surface area contributed by atoms with E-state index >= 15 is 0 Å². The SMILES string of the molecule is CC(Oc1cc(F)ccc1[N+](=O)[O-])C(=O)Nc1ccc(C(C)(C)C)cc1. The number of anilines is 1. The second kappa shape index (κ2) is 7.51. The van der Waals surface area contributed by atoms with Gasteiger partial charge in [0.2, 0.25) is 5.75 Å². The Morgan fingerprint density at radius 2 is 1.81 bits per heavy atom. The second-order valence-corrected chi connectivity index (χ2v) is 6.95. The molecule has 0 aliphatic heterocycles. The van der Waals surface area contributed by atoms with Gasteiger partial charge in [0.15, 0.2) is 6.10 Å². The maximum atomic E-state index is 13.3. The lowest BCUT2D eigenvalue weighted by Crippen LogP contribution is -2.30. The number of hydrogen-bond acceptors (Lipinski definition) is 4. The van der Waals surface area contributed by atoms with Gasteiger partial charge in [-0.1, -0.05) is 32.9 Å². The smallest absolute Gasteiger partial charge is 0.311 e. The van der Waals surface area contributed by atoms with E-state index in [1.54, 1.807) is 12.1 Å². The van der Waals surface area contributed by atoms with Crippen LogP contribution in [0, 0.1) is 15.9 Å². The first-order valence-electron chi connectivity index (χ1n) is 8.10. The molecule has 1 amide bonds. The third kappa shape index (κ3) is 4.78. The Bertz CT molecular complexity index is 813. The lowest BCUT2D eigenvalue weighted by atomic mass is 9.87. The quantitative estimate of drug-likeness (QED) is 0.631. The fourth-order valence-electron chi connectivity index (χ4n) is 2.27. The Morgan fingerprint density at radius 3 is 2.35 bits per heavy atom. The van der Waals surface area contributed by atoms with Gasteiger partial charge in [0.05, 0.1) is 4.92 Å². The molecule has 7 heteroatoms. The highest BCUT2D eigenvalue weighted by Crippen LogP contribution is 2.28. The van der Waals surface area contributed by atoms with E-state index in [9.17, 15) is 19.3 Å². The molecular formula is C19H21FN2O4. The largest absolute Gasteiger partial charge is 0.474 e. The summed E-state index contributed by atoms with van der Waals surface area (Å²) in [6.45, 7) is 7.70. The zero-order valence-corrected chi connectivity index (χ0v) is 15.1. The molecule has 1 atom stereocenters. The predicted octanol–water partition coefficient (Wildman–Crippen LogP) is 4.44. The molecule has 0 fully saturated rings. The van der Waals surface area contributed by atoms with Crippen molar-refractivity contribution in [1.29, 1.82) is 0 Å². The van der Waals surface area contributed by atoms with E-state index in [2.05, 4.69) is 26.1 Å². The van der Waals surface area contributed by atoms with Crippen molar-refractivity contribution in [2.45, 2.75) is 39.2 Å². The molecule has 0 bridgehead atoms. The van der Waals surface area contributed by atoms with Crippen LogP contribution in [0.5, 0.6) is 5.75 Å². The van der Waals surface area contributed by atoms with Crippen molar-refractivity contribution in [3.63, 3.8) is 0 Å². The van der Waals surface area contributed by atoms with Crippen LogP contribution in [0.3, 0.4) is 0 Å². The summed E-state index contributed by atoms with van der Waals surface area (Å²) in [5, 5.41) is 13.7. The van der Waals surface area contributed by atoms with Gasteiger partial charge in [0, 0.05) is 17.8 Å². The highest BCUT2D eigenvalue weighted by atomic mass is 19.1. The summed E-state index contributed by atoms with van der Waals surface area (Å²) in [7, 11) is 0. The maximum Gasteiger partial charge on any atom is 0.311 e. The second-order valence-electron chi connectivity index (χ2n) is 6.95. The highest BCUT2D eigenvalue weighted by molar-refractivity contribution is 5.94. The number of nitrogens with zero attached hydrogens (tertiary/aromatic N) is 1. The lowest BCUT2D eigenvalue weighted by molar-refractivity contribution is -0.386. The average molecular weight is 360 g/mol. The molecule has 0 saturated heterocycles. The van der Waals surface area contributed by atoms with Crippen LogP contribution in [-0.2, 0) is 10.2 Å². The van der Waals surface area contributed by atoms with Crippen LogP contribution in [0.1, 0.15) is 33.3 Å². The summed E-state index contributed by atoms with van der Waals surface area (Å²) in [5.74, 6) is -1.47.